The molecule has 0 aromatic carbocycles. The van der Waals surface area contributed by atoms with Crippen LogP contribution < -0.4 is 5.32 Å². The Bertz CT molecular complexity index is 681. The lowest BCUT2D eigenvalue weighted by Crippen LogP contribution is -2.54. The Labute approximate surface area is 122 Å². The Balaban J connectivity index is 1.87. The summed E-state index contributed by atoms with van der Waals surface area (Å²) in [5.74, 6) is -0.124. The second-order valence-corrected chi connectivity index (χ2v) is 5.47. The number of fused-ring (bicyclic) bond motifs is 1. The highest BCUT2D eigenvalue weighted by Crippen LogP contribution is 2.13. The maximum Gasteiger partial charge on any atom is 0.322 e. The van der Waals surface area contributed by atoms with Crippen LogP contribution in [0.4, 0.5) is 0 Å². The smallest absolute Gasteiger partial charge is 0.322 e. The summed E-state index contributed by atoms with van der Waals surface area (Å²) in [6, 6.07) is 1.50. The van der Waals surface area contributed by atoms with Gasteiger partial charge in [-0.05, 0) is 19.9 Å². The second-order valence-electron chi connectivity index (χ2n) is 5.47. The minimum Gasteiger partial charge on any atom is -0.480 e. The second kappa shape index (κ2) is 5.42. The summed E-state index contributed by atoms with van der Waals surface area (Å²) in [5.41, 5.74) is 2.86. The topological polar surface area (TPSA) is 82.8 Å². The van der Waals surface area contributed by atoms with Crippen LogP contribution in [0.25, 0.3) is 5.78 Å². The lowest BCUT2D eigenvalue weighted by atomic mass is 10.2. The molecule has 0 bridgehead atoms. The number of nitrogens with zero attached hydrogens (tertiary/aromatic N) is 4. The molecule has 0 radical (unpaired) electrons. The fraction of sp³-hybridized carbons (Fsp3) is 0.500. The number of hydrogen-bond donors (Lipinski definition) is 2. The van der Waals surface area contributed by atoms with Gasteiger partial charge in [0.05, 0.1) is 5.69 Å². The maximum atomic E-state index is 11.3. The molecule has 1 fully saturated rings. The summed E-state index contributed by atoms with van der Waals surface area (Å²) >= 11 is 0. The van der Waals surface area contributed by atoms with Crippen LogP contribution in [0.3, 0.4) is 0 Å². The molecule has 112 valence electrons. The number of rotatable bonds is 3. The first kappa shape index (κ1) is 14.0. The van der Waals surface area contributed by atoms with Gasteiger partial charge in [0.15, 0.2) is 0 Å². The molecule has 2 N–H and O–H groups in total. The van der Waals surface area contributed by atoms with Crippen molar-refractivity contribution in [3.63, 3.8) is 0 Å². The van der Waals surface area contributed by atoms with E-state index >= 15 is 0 Å². The van der Waals surface area contributed by atoms with E-state index in [1.165, 1.54) is 0 Å². The van der Waals surface area contributed by atoms with Crippen molar-refractivity contribution < 1.29 is 9.90 Å². The predicted octanol–water partition coefficient (Wildman–Crippen LogP) is 0.205. The minimum absolute atomic E-state index is 0.471. The van der Waals surface area contributed by atoms with Crippen LogP contribution in [-0.2, 0) is 11.3 Å². The minimum atomic E-state index is -0.795. The lowest BCUT2D eigenvalue weighted by Gasteiger charge is -2.32. The SMILES string of the molecule is Cc1cc(C)n2cc(CN3CCNCC3C(=O)O)nc2n1. The zero-order chi connectivity index (χ0) is 15.0. The number of aromatic nitrogens is 3. The average molecular weight is 289 g/mol. The van der Waals surface area contributed by atoms with Crippen molar-refractivity contribution in [2.75, 3.05) is 19.6 Å². The van der Waals surface area contributed by atoms with Crippen molar-refractivity contribution >= 4 is 11.7 Å². The first-order chi connectivity index (χ1) is 10.0. The van der Waals surface area contributed by atoms with Crippen LogP contribution in [0, 0.1) is 13.8 Å². The zero-order valence-electron chi connectivity index (χ0n) is 12.2. The lowest BCUT2D eigenvalue weighted by molar-refractivity contribution is -0.144. The van der Waals surface area contributed by atoms with Gasteiger partial charge in [0.2, 0.25) is 5.78 Å². The van der Waals surface area contributed by atoms with Crippen molar-refractivity contribution in [2.24, 2.45) is 0 Å². The summed E-state index contributed by atoms with van der Waals surface area (Å²) in [6.45, 7) is 6.46. The molecule has 1 aliphatic rings. The molecule has 1 saturated heterocycles. The number of carbonyl (C=O) groups is 1. The molecule has 7 heteroatoms. The number of carboxylic acid groups (broad SMARTS) is 1. The van der Waals surface area contributed by atoms with E-state index in [1.54, 1.807) is 0 Å². The largest absolute Gasteiger partial charge is 0.480 e. The summed E-state index contributed by atoms with van der Waals surface area (Å²) in [6.07, 6.45) is 1.94. The molecule has 0 amide bonds. The number of nitrogens with one attached hydrogen (secondary N) is 1. The van der Waals surface area contributed by atoms with Crippen LogP contribution in [0.15, 0.2) is 12.3 Å². The molecule has 3 heterocycles. The summed E-state index contributed by atoms with van der Waals surface area (Å²) in [5, 5.41) is 12.4. The van der Waals surface area contributed by atoms with E-state index in [1.807, 2.05) is 35.4 Å². The zero-order valence-corrected chi connectivity index (χ0v) is 12.2. The highest BCUT2D eigenvalue weighted by atomic mass is 16.4. The molecule has 1 aliphatic heterocycles. The van der Waals surface area contributed by atoms with Crippen LogP contribution in [0.5, 0.6) is 0 Å². The van der Waals surface area contributed by atoms with E-state index in [4.69, 9.17) is 0 Å². The molecule has 0 aliphatic carbocycles. The van der Waals surface area contributed by atoms with Gasteiger partial charge < -0.3 is 10.4 Å². The number of hydrogen-bond acceptors (Lipinski definition) is 5. The third-order valence-electron chi connectivity index (χ3n) is 3.82. The Morgan fingerprint density at radius 2 is 2.29 bits per heavy atom. The van der Waals surface area contributed by atoms with Crippen LogP contribution in [0.1, 0.15) is 17.1 Å². The molecule has 2 aromatic heterocycles. The van der Waals surface area contributed by atoms with Gasteiger partial charge >= 0.3 is 5.97 Å². The fourth-order valence-electron chi connectivity index (χ4n) is 2.78. The first-order valence-corrected chi connectivity index (χ1v) is 7.04. The Kier molecular flexibility index (Phi) is 3.60. The van der Waals surface area contributed by atoms with Gasteiger partial charge in [-0.3, -0.25) is 14.1 Å². The van der Waals surface area contributed by atoms with E-state index in [9.17, 15) is 9.90 Å². The van der Waals surface area contributed by atoms with Crippen molar-refractivity contribution in [2.45, 2.75) is 26.4 Å². The standard InChI is InChI=1S/C14H19N5O2/c1-9-5-10(2)19-8-11(17-14(19)16-9)7-18-4-3-15-6-12(18)13(20)21/h5,8,12,15H,3-4,6-7H2,1-2H3,(H,20,21). The van der Waals surface area contributed by atoms with Gasteiger partial charge in [-0.25, -0.2) is 9.97 Å². The first-order valence-electron chi connectivity index (χ1n) is 7.04. The average Bonchev–Trinajstić information content (AvgIpc) is 2.81. The molecule has 1 unspecified atom stereocenters. The quantitative estimate of drug-likeness (QED) is 0.840. The number of carboxylic acids is 1. The molecule has 0 saturated carbocycles. The van der Waals surface area contributed by atoms with E-state index in [-0.39, 0.29) is 0 Å². The maximum absolute atomic E-state index is 11.3. The molecule has 2 aromatic rings. The van der Waals surface area contributed by atoms with Gasteiger partial charge in [-0.1, -0.05) is 0 Å². The molecule has 7 nitrogen and oxygen atoms in total. The predicted molar refractivity (Wildman–Crippen MR) is 77.2 cm³/mol. The summed E-state index contributed by atoms with van der Waals surface area (Å²) in [7, 11) is 0. The molecule has 0 spiro atoms. The molecule has 1 atom stereocenters. The third-order valence-corrected chi connectivity index (χ3v) is 3.82. The summed E-state index contributed by atoms with van der Waals surface area (Å²) in [4.78, 5) is 22.2. The van der Waals surface area contributed by atoms with E-state index in [0.29, 0.717) is 25.4 Å². The number of piperazine rings is 1. The normalized spacial score (nSPS) is 20.0. The van der Waals surface area contributed by atoms with Crippen LogP contribution in [-0.4, -0.2) is 56.0 Å². The van der Waals surface area contributed by atoms with E-state index in [2.05, 4.69) is 15.3 Å². The van der Waals surface area contributed by atoms with Crippen molar-refractivity contribution in [3.05, 3.63) is 29.3 Å². The molecule has 3 rings (SSSR count). The van der Waals surface area contributed by atoms with Crippen molar-refractivity contribution in [1.29, 1.82) is 0 Å². The van der Waals surface area contributed by atoms with Crippen LogP contribution in [0.2, 0.25) is 0 Å². The number of imidazole rings is 1. The van der Waals surface area contributed by atoms with Gasteiger partial charge in [-0.15, -0.1) is 0 Å². The van der Waals surface area contributed by atoms with Crippen molar-refractivity contribution in [1.82, 2.24) is 24.6 Å². The molecular formula is C14H19N5O2. The van der Waals surface area contributed by atoms with Gasteiger partial charge in [0.1, 0.15) is 6.04 Å². The summed E-state index contributed by atoms with van der Waals surface area (Å²) < 4.78 is 1.94. The molecule has 21 heavy (non-hydrogen) atoms. The van der Waals surface area contributed by atoms with Crippen LogP contribution >= 0.6 is 0 Å². The van der Waals surface area contributed by atoms with Crippen molar-refractivity contribution in [3.8, 4) is 0 Å². The third kappa shape index (κ3) is 2.74. The van der Waals surface area contributed by atoms with E-state index < -0.39 is 12.0 Å². The number of aliphatic carboxylic acids is 1. The Hall–Kier alpha value is -1.99. The van der Waals surface area contributed by atoms with Gasteiger partial charge in [0.25, 0.3) is 0 Å². The Morgan fingerprint density at radius 1 is 1.48 bits per heavy atom. The van der Waals surface area contributed by atoms with Gasteiger partial charge in [0, 0.05) is 43.8 Å². The molecular weight excluding hydrogens is 270 g/mol. The van der Waals surface area contributed by atoms with Gasteiger partial charge in [-0.2, -0.15) is 0 Å². The highest BCUT2D eigenvalue weighted by molar-refractivity contribution is 5.74. The fourth-order valence-corrected chi connectivity index (χ4v) is 2.78. The number of aryl methyl sites for hydroxylation is 2. The van der Waals surface area contributed by atoms with E-state index in [0.717, 1.165) is 23.6 Å². The highest BCUT2D eigenvalue weighted by Gasteiger charge is 2.28. The monoisotopic (exact) mass is 289 g/mol. The Morgan fingerprint density at radius 3 is 3.05 bits per heavy atom.